The summed E-state index contributed by atoms with van der Waals surface area (Å²) in [6.45, 7) is 1.09. The number of aromatic nitrogens is 4. The molecule has 2 fully saturated rings. The molecule has 0 saturated carbocycles. The van der Waals surface area contributed by atoms with Crippen molar-refractivity contribution in [2.24, 2.45) is 0 Å². The van der Waals surface area contributed by atoms with Crippen molar-refractivity contribution < 1.29 is 24.6 Å². The fraction of sp³-hybridized carbons (Fsp3) is 0.250. The van der Waals surface area contributed by atoms with Crippen molar-refractivity contribution >= 4 is 17.9 Å². The normalized spacial score (nSPS) is 17.8. The maximum atomic E-state index is 13.9. The van der Waals surface area contributed by atoms with E-state index in [9.17, 15) is 24.6 Å². The molecule has 0 unspecified atom stereocenters. The number of nitrogens with one attached hydrogen (secondary N) is 2. The Labute approximate surface area is 324 Å². The molecule has 4 aromatic carbocycles. The average molecular weight is 750 g/mol. The van der Waals surface area contributed by atoms with Gasteiger partial charge in [-0.25, -0.2) is 14.8 Å². The van der Waals surface area contributed by atoms with E-state index in [0.29, 0.717) is 35.9 Å². The first-order valence-electron chi connectivity index (χ1n) is 18.9. The molecule has 4 heterocycles. The van der Waals surface area contributed by atoms with Gasteiger partial charge in [0.25, 0.3) is 11.8 Å². The second kappa shape index (κ2) is 15.7. The van der Waals surface area contributed by atoms with Gasteiger partial charge in [0.1, 0.15) is 17.7 Å². The Kier molecular flexibility index (Phi) is 10.2. The lowest BCUT2D eigenvalue weighted by Gasteiger charge is -2.32. The predicted molar refractivity (Wildman–Crippen MR) is 211 cm³/mol. The lowest BCUT2D eigenvalue weighted by molar-refractivity contribution is -0.141. The number of imidazole rings is 2. The standard InChI is InChI=1S/C44H43N7O5/c1-49(44(55)56)38(32-10-4-2-5-11-32)42(53)50-24-8-14-36(50)40-45-26-34(47-40)30-20-16-28(17-21-30)29-18-22-31(23-19-29)35-27-46-41(48-35)37-15-9-25-51(37)43(54)39(52)33-12-6-3-7-13-33/h2-7,10-13,16-23,26-27,36-39,52H,8-9,14-15,24-25H2,1H3,(H,45,47)(H,46,48)(H,55,56)/t36-,37-,38+,39+/m0/s1. The van der Waals surface area contributed by atoms with E-state index >= 15 is 0 Å². The molecule has 0 spiro atoms. The highest BCUT2D eigenvalue weighted by molar-refractivity contribution is 5.87. The van der Waals surface area contributed by atoms with E-state index in [1.54, 1.807) is 58.6 Å². The van der Waals surface area contributed by atoms with Crippen molar-refractivity contribution in [2.75, 3.05) is 20.1 Å². The number of likely N-dealkylation sites (tertiary alicyclic amines) is 2. The molecule has 4 atom stereocenters. The van der Waals surface area contributed by atoms with Crippen LogP contribution in [0.5, 0.6) is 0 Å². The minimum absolute atomic E-state index is 0.226. The second-order valence-corrected chi connectivity index (χ2v) is 14.4. The van der Waals surface area contributed by atoms with E-state index in [2.05, 4.69) is 44.2 Å². The van der Waals surface area contributed by atoms with Crippen LogP contribution in [0.3, 0.4) is 0 Å². The van der Waals surface area contributed by atoms with E-state index in [4.69, 9.17) is 0 Å². The van der Waals surface area contributed by atoms with Crippen molar-refractivity contribution in [1.29, 1.82) is 0 Å². The van der Waals surface area contributed by atoms with Crippen LogP contribution in [0.15, 0.2) is 122 Å². The predicted octanol–water partition coefficient (Wildman–Crippen LogP) is 7.55. The van der Waals surface area contributed by atoms with Crippen LogP contribution in [0, 0.1) is 0 Å². The highest BCUT2D eigenvalue weighted by Crippen LogP contribution is 2.37. The molecular weight excluding hydrogens is 707 g/mol. The summed E-state index contributed by atoms with van der Waals surface area (Å²) in [5.41, 5.74) is 6.91. The van der Waals surface area contributed by atoms with Crippen LogP contribution in [0.25, 0.3) is 33.6 Å². The SMILES string of the molecule is CN(C(=O)O)[C@@H](C(=O)N1CCC[C@H]1c1ncc(-c2ccc(-c3ccc(-c4cnc([C@@H]5CCCN5C(=O)[C@H](O)c5ccccc5)[nH]4)cc3)cc2)[nH]1)c1ccccc1. The topological polar surface area (TPSA) is 159 Å². The zero-order chi connectivity index (χ0) is 38.8. The van der Waals surface area contributed by atoms with Crippen LogP contribution < -0.4 is 0 Å². The molecule has 2 saturated heterocycles. The summed E-state index contributed by atoms with van der Waals surface area (Å²) in [5.74, 6) is 0.806. The molecule has 3 amide bonds. The summed E-state index contributed by atoms with van der Waals surface area (Å²) in [6.07, 6.45) is 4.33. The van der Waals surface area contributed by atoms with Gasteiger partial charge in [-0.1, -0.05) is 109 Å². The maximum Gasteiger partial charge on any atom is 0.407 e. The Balaban J connectivity index is 0.930. The lowest BCUT2D eigenvalue weighted by atomic mass is 10.0. The highest BCUT2D eigenvalue weighted by atomic mass is 16.4. The number of likely N-dealkylation sites (N-methyl/N-ethyl adjacent to an activating group) is 1. The van der Waals surface area contributed by atoms with Gasteiger partial charge in [0, 0.05) is 20.1 Å². The van der Waals surface area contributed by atoms with E-state index in [1.165, 1.54) is 7.05 Å². The Morgan fingerprint density at radius 1 is 0.643 bits per heavy atom. The monoisotopic (exact) mass is 749 g/mol. The third-order valence-electron chi connectivity index (χ3n) is 11.0. The van der Waals surface area contributed by atoms with Gasteiger partial charge < -0.3 is 30.0 Å². The van der Waals surface area contributed by atoms with Crippen molar-refractivity contribution in [1.82, 2.24) is 34.6 Å². The first kappa shape index (κ1) is 36.4. The Morgan fingerprint density at radius 2 is 1.07 bits per heavy atom. The van der Waals surface area contributed by atoms with E-state index in [1.807, 2.05) is 48.5 Å². The Bertz CT molecular complexity index is 2310. The molecule has 12 heteroatoms. The third kappa shape index (κ3) is 7.18. The third-order valence-corrected chi connectivity index (χ3v) is 11.0. The van der Waals surface area contributed by atoms with E-state index < -0.39 is 18.2 Å². The van der Waals surface area contributed by atoms with Gasteiger partial charge >= 0.3 is 6.09 Å². The molecule has 12 nitrogen and oxygen atoms in total. The molecule has 284 valence electrons. The summed E-state index contributed by atoms with van der Waals surface area (Å²) in [5, 5.41) is 20.6. The number of hydrogen-bond donors (Lipinski definition) is 4. The lowest BCUT2D eigenvalue weighted by Crippen LogP contribution is -2.43. The summed E-state index contributed by atoms with van der Waals surface area (Å²) >= 11 is 0. The molecule has 2 aromatic heterocycles. The number of rotatable bonds is 10. The number of carbonyl (C=O) groups is 3. The zero-order valence-corrected chi connectivity index (χ0v) is 31.0. The molecular formula is C44H43N7O5. The van der Waals surface area contributed by atoms with Gasteiger partial charge in [-0.2, -0.15) is 0 Å². The molecule has 56 heavy (non-hydrogen) atoms. The number of carboxylic acid groups (broad SMARTS) is 1. The highest BCUT2D eigenvalue weighted by Gasteiger charge is 2.39. The molecule has 6 aromatic rings. The molecule has 0 aliphatic carbocycles. The first-order chi connectivity index (χ1) is 27.3. The van der Waals surface area contributed by atoms with Gasteiger partial charge in [0.2, 0.25) is 0 Å². The number of carbonyl (C=O) groups excluding carboxylic acids is 2. The summed E-state index contributed by atoms with van der Waals surface area (Å²) in [7, 11) is 1.43. The van der Waals surface area contributed by atoms with Gasteiger partial charge in [0.15, 0.2) is 6.10 Å². The Morgan fingerprint density at radius 3 is 1.54 bits per heavy atom. The number of aliphatic hydroxyl groups is 1. The molecule has 8 rings (SSSR count). The summed E-state index contributed by atoms with van der Waals surface area (Å²) < 4.78 is 0. The van der Waals surface area contributed by atoms with Crippen molar-refractivity contribution in [2.45, 2.75) is 49.9 Å². The second-order valence-electron chi connectivity index (χ2n) is 14.4. The minimum Gasteiger partial charge on any atom is -0.465 e. The van der Waals surface area contributed by atoms with Gasteiger partial charge in [-0.3, -0.25) is 14.5 Å². The molecule has 0 bridgehead atoms. The molecule has 2 aliphatic heterocycles. The molecule has 0 radical (unpaired) electrons. The van der Waals surface area contributed by atoms with Gasteiger partial charge in [0.05, 0.1) is 35.9 Å². The number of nitrogens with zero attached hydrogens (tertiary/aromatic N) is 5. The van der Waals surface area contributed by atoms with Crippen LogP contribution in [-0.2, 0) is 9.59 Å². The number of aliphatic hydroxyl groups excluding tert-OH is 1. The average Bonchev–Trinajstić information content (AvgIpc) is 4.08. The van der Waals surface area contributed by atoms with E-state index in [0.717, 1.165) is 64.2 Å². The van der Waals surface area contributed by atoms with Gasteiger partial charge in [-0.15, -0.1) is 0 Å². The molecule has 4 N–H and O–H groups in total. The maximum absolute atomic E-state index is 13.9. The van der Waals surface area contributed by atoms with Crippen molar-refractivity contribution in [3.8, 4) is 33.6 Å². The fourth-order valence-corrected chi connectivity index (χ4v) is 7.99. The number of hydrogen-bond acceptors (Lipinski definition) is 6. The number of amides is 3. The minimum atomic E-state index is -1.21. The van der Waals surface area contributed by atoms with Crippen LogP contribution in [-0.4, -0.2) is 82.9 Å². The van der Waals surface area contributed by atoms with Crippen LogP contribution >= 0.6 is 0 Å². The van der Waals surface area contributed by atoms with Crippen LogP contribution in [0.2, 0.25) is 0 Å². The largest absolute Gasteiger partial charge is 0.465 e. The quantitative estimate of drug-likeness (QED) is 0.113. The number of H-pyrrole nitrogens is 2. The smallest absolute Gasteiger partial charge is 0.407 e. The van der Waals surface area contributed by atoms with Crippen LogP contribution in [0.1, 0.15) is 72.7 Å². The van der Waals surface area contributed by atoms with Crippen molar-refractivity contribution in [3.05, 3.63) is 144 Å². The number of aromatic amines is 2. The fourth-order valence-electron chi connectivity index (χ4n) is 7.99. The summed E-state index contributed by atoms with van der Waals surface area (Å²) in [4.78, 5) is 59.9. The van der Waals surface area contributed by atoms with Crippen molar-refractivity contribution in [3.63, 3.8) is 0 Å². The summed E-state index contributed by atoms with van der Waals surface area (Å²) in [6, 6.07) is 33.0. The van der Waals surface area contributed by atoms with E-state index in [-0.39, 0.29) is 23.9 Å². The van der Waals surface area contributed by atoms with Crippen LogP contribution in [0.4, 0.5) is 4.79 Å². The first-order valence-corrected chi connectivity index (χ1v) is 18.9. The zero-order valence-electron chi connectivity index (χ0n) is 31.0. The number of benzene rings is 4. The Hall–Kier alpha value is -6.53. The molecule has 2 aliphatic rings. The van der Waals surface area contributed by atoms with Gasteiger partial charge in [-0.05, 0) is 59.1 Å².